The van der Waals surface area contributed by atoms with Crippen molar-refractivity contribution in [2.24, 2.45) is 0 Å². The molecule has 1 fully saturated rings. The minimum atomic E-state index is -3.66. The molecule has 1 aromatic heterocycles. The van der Waals surface area contributed by atoms with E-state index in [1.165, 1.54) is 4.90 Å². The number of aromatic nitrogens is 2. The number of carboxylic acid groups (broad SMARTS) is 1. The number of nitrogens with one attached hydrogen (secondary N) is 1. The molecule has 0 spiro atoms. The first kappa shape index (κ1) is 18.4. The molecule has 11 heteroatoms. The second-order valence-corrected chi connectivity index (χ2v) is 8.67. The van der Waals surface area contributed by atoms with Gasteiger partial charge in [0.05, 0.1) is 17.9 Å². The molecule has 1 saturated heterocycles. The smallest absolute Gasteiger partial charge is 0.407 e. The van der Waals surface area contributed by atoms with Gasteiger partial charge < -0.3 is 14.7 Å². The number of nitrogens with zero attached hydrogens (tertiary/aromatic N) is 3. The van der Waals surface area contributed by atoms with Crippen molar-refractivity contribution in [3.8, 4) is 16.3 Å². The van der Waals surface area contributed by atoms with Crippen molar-refractivity contribution in [2.45, 2.75) is 18.1 Å². The van der Waals surface area contributed by atoms with Crippen molar-refractivity contribution in [1.82, 2.24) is 15.1 Å². The summed E-state index contributed by atoms with van der Waals surface area (Å²) in [5.74, 6) is 0.624. The van der Waals surface area contributed by atoms with Gasteiger partial charge in [-0.3, -0.25) is 4.72 Å². The summed E-state index contributed by atoms with van der Waals surface area (Å²) >= 11 is 1.11. The zero-order valence-corrected chi connectivity index (χ0v) is 15.6. The van der Waals surface area contributed by atoms with Crippen LogP contribution < -0.4 is 9.46 Å². The fourth-order valence-corrected chi connectivity index (χ4v) is 5.18. The van der Waals surface area contributed by atoms with E-state index in [1.807, 2.05) is 18.2 Å². The van der Waals surface area contributed by atoms with Crippen LogP contribution in [0.3, 0.4) is 0 Å². The van der Waals surface area contributed by atoms with Crippen LogP contribution in [0.4, 0.5) is 9.93 Å². The van der Waals surface area contributed by atoms with Gasteiger partial charge in [0, 0.05) is 13.1 Å². The Morgan fingerprint density at radius 2 is 2.00 bits per heavy atom. The van der Waals surface area contributed by atoms with Gasteiger partial charge in [-0.2, -0.15) is 0 Å². The van der Waals surface area contributed by atoms with Crippen LogP contribution in [0.5, 0.6) is 5.75 Å². The summed E-state index contributed by atoms with van der Waals surface area (Å²) < 4.78 is 32.8. The van der Waals surface area contributed by atoms with Gasteiger partial charge in [0.15, 0.2) is 5.01 Å². The molecule has 0 unspecified atom stereocenters. The molecule has 1 amide bonds. The second-order valence-electron chi connectivity index (χ2n) is 5.73. The lowest BCUT2D eigenvalue weighted by Crippen LogP contribution is -2.43. The molecule has 9 nitrogen and oxygen atoms in total. The summed E-state index contributed by atoms with van der Waals surface area (Å²) in [6.07, 6.45) is -0.529. The van der Waals surface area contributed by atoms with E-state index in [0.717, 1.165) is 16.9 Å². The van der Waals surface area contributed by atoms with Crippen LogP contribution in [-0.2, 0) is 10.0 Å². The van der Waals surface area contributed by atoms with Crippen molar-refractivity contribution in [3.05, 3.63) is 24.3 Å². The Hall–Kier alpha value is -2.40. The Kier molecular flexibility index (Phi) is 5.28. The third-order valence-corrected chi connectivity index (χ3v) is 6.97. The fourth-order valence-electron chi connectivity index (χ4n) is 2.76. The predicted molar refractivity (Wildman–Crippen MR) is 97.1 cm³/mol. The van der Waals surface area contributed by atoms with E-state index < -0.39 is 21.4 Å². The van der Waals surface area contributed by atoms with Gasteiger partial charge in [0.2, 0.25) is 15.2 Å². The molecule has 0 radical (unpaired) electrons. The normalized spacial score (nSPS) is 15.7. The van der Waals surface area contributed by atoms with E-state index in [4.69, 9.17) is 9.84 Å². The molecule has 0 saturated carbocycles. The molecule has 3 rings (SSSR count). The van der Waals surface area contributed by atoms with E-state index in [1.54, 1.807) is 13.2 Å². The summed E-state index contributed by atoms with van der Waals surface area (Å²) in [6, 6.07) is 7.27. The molecular formula is C15H18N4O5S2. The molecule has 0 atom stereocenters. The van der Waals surface area contributed by atoms with Crippen LogP contribution in [0.25, 0.3) is 10.6 Å². The maximum absolute atomic E-state index is 12.5. The number of carbonyl (C=O) groups is 1. The van der Waals surface area contributed by atoms with Crippen molar-refractivity contribution >= 4 is 32.6 Å². The minimum Gasteiger partial charge on any atom is -0.496 e. The Labute approximate surface area is 154 Å². The van der Waals surface area contributed by atoms with Crippen molar-refractivity contribution < 1.29 is 23.1 Å². The molecule has 1 aliphatic rings. The van der Waals surface area contributed by atoms with Gasteiger partial charge in [-0.05, 0) is 25.0 Å². The van der Waals surface area contributed by atoms with E-state index in [9.17, 15) is 13.2 Å². The number of rotatable bonds is 5. The molecule has 26 heavy (non-hydrogen) atoms. The molecule has 0 aliphatic carbocycles. The quantitative estimate of drug-likeness (QED) is 0.791. The maximum atomic E-state index is 12.5. The fraction of sp³-hybridized carbons (Fsp3) is 0.400. The molecular weight excluding hydrogens is 380 g/mol. The first-order chi connectivity index (χ1) is 12.4. The third kappa shape index (κ3) is 3.88. The van der Waals surface area contributed by atoms with Gasteiger partial charge in [0.25, 0.3) is 0 Å². The lowest BCUT2D eigenvalue weighted by molar-refractivity contribution is 0.136. The van der Waals surface area contributed by atoms with E-state index in [-0.39, 0.29) is 31.1 Å². The molecule has 140 valence electrons. The van der Waals surface area contributed by atoms with Gasteiger partial charge in [0.1, 0.15) is 5.75 Å². The summed E-state index contributed by atoms with van der Waals surface area (Å²) in [4.78, 5) is 12.1. The highest BCUT2D eigenvalue weighted by Crippen LogP contribution is 2.34. The van der Waals surface area contributed by atoms with E-state index in [0.29, 0.717) is 10.8 Å². The standard InChI is InChI=1S/C15H18N4O5S2/c1-24-12-5-3-2-4-11(12)13-16-17-14(25-13)18-26(22,23)10-6-8-19(9-7-10)15(20)21/h2-5,10H,6-9H2,1H3,(H,17,18)(H,20,21). The van der Waals surface area contributed by atoms with Crippen LogP contribution in [0.1, 0.15) is 12.8 Å². The Morgan fingerprint density at radius 3 is 2.65 bits per heavy atom. The summed E-state index contributed by atoms with van der Waals surface area (Å²) in [7, 11) is -2.11. The number of likely N-dealkylation sites (tertiary alicyclic amines) is 1. The highest BCUT2D eigenvalue weighted by molar-refractivity contribution is 7.93. The molecule has 0 bridgehead atoms. The van der Waals surface area contributed by atoms with Gasteiger partial charge >= 0.3 is 6.09 Å². The van der Waals surface area contributed by atoms with Crippen LogP contribution in [-0.4, -0.2) is 60.2 Å². The van der Waals surface area contributed by atoms with Crippen molar-refractivity contribution in [2.75, 3.05) is 24.9 Å². The SMILES string of the molecule is COc1ccccc1-c1nnc(NS(=O)(=O)C2CCN(C(=O)O)CC2)s1. The Balaban J connectivity index is 1.71. The number of hydrogen-bond acceptors (Lipinski definition) is 7. The first-order valence-corrected chi connectivity index (χ1v) is 10.2. The molecule has 2 heterocycles. The second kappa shape index (κ2) is 7.46. The van der Waals surface area contributed by atoms with Gasteiger partial charge in [-0.1, -0.05) is 23.5 Å². The zero-order valence-electron chi connectivity index (χ0n) is 14.0. The number of amides is 1. The number of hydrogen-bond donors (Lipinski definition) is 2. The van der Waals surface area contributed by atoms with Crippen LogP contribution in [0.2, 0.25) is 0 Å². The summed E-state index contributed by atoms with van der Waals surface area (Å²) in [5, 5.41) is 17.0. The summed E-state index contributed by atoms with van der Waals surface area (Å²) in [5.41, 5.74) is 0.729. The van der Waals surface area contributed by atoms with Crippen LogP contribution in [0.15, 0.2) is 24.3 Å². The maximum Gasteiger partial charge on any atom is 0.407 e. The van der Waals surface area contributed by atoms with Gasteiger partial charge in [-0.15, -0.1) is 10.2 Å². The zero-order chi connectivity index (χ0) is 18.7. The number of benzene rings is 1. The number of sulfonamides is 1. The highest BCUT2D eigenvalue weighted by Gasteiger charge is 2.32. The number of methoxy groups -OCH3 is 1. The van der Waals surface area contributed by atoms with Gasteiger partial charge in [-0.25, -0.2) is 13.2 Å². The Morgan fingerprint density at radius 1 is 1.31 bits per heavy atom. The number of para-hydroxylation sites is 1. The third-order valence-electron chi connectivity index (χ3n) is 4.14. The van der Waals surface area contributed by atoms with Crippen molar-refractivity contribution in [3.63, 3.8) is 0 Å². The topological polar surface area (TPSA) is 122 Å². The Bertz CT molecular complexity index is 891. The predicted octanol–water partition coefficient (Wildman–Crippen LogP) is 2.10. The monoisotopic (exact) mass is 398 g/mol. The average molecular weight is 398 g/mol. The molecule has 2 aromatic rings. The van der Waals surface area contributed by atoms with Crippen molar-refractivity contribution in [1.29, 1.82) is 0 Å². The van der Waals surface area contributed by atoms with Crippen LogP contribution >= 0.6 is 11.3 Å². The highest BCUT2D eigenvalue weighted by atomic mass is 32.2. The van der Waals surface area contributed by atoms with E-state index in [2.05, 4.69) is 14.9 Å². The lowest BCUT2D eigenvalue weighted by atomic mass is 10.1. The lowest BCUT2D eigenvalue weighted by Gasteiger charge is -2.29. The number of anilines is 1. The van der Waals surface area contributed by atoms with Crippen LogP contribution in [0, 0.1) is 0 Å². The molecule has 1 aromatic carbocycles. The largest absolute Gasteiger partial charge is 0.496 e. The first-order valence-electron chi connectivity index (χ1n) is 7.87. The number of ether oxygens (including phenoxy) is 1. The number of piperidine rings is 1. The molecule has 1 aliphatic heterocycles. The average Bonchev–Trinajstić information content (AvgIpc) is 3.09. The minimum absolute atomic E-state index is 0.173. The summed E-state index contributed by atoms with van der Waals surface area (Å²) in [6.45, 7) is 0.396. The van der Waals surface area contributed by atoms with E-state index >= 15 is 0 Å². The molecule has 2 N–H and O–H groups in total.